The van der Waals surface area contributed by atoms with Crippen LogP contribution in [0.5, 0.6) is 0 Å². The summed E-state index contributed by atoms with van der Waals surface area (Å²) in [6, 6.07) is 20.0. The minimum absolute atomic E-state index is 0.202. The van der Waals surface area contributed by atoms with Crippen molar-refractivity contribution in [3.63, 3.8) is 0 Å². The number of halogens is 1. The highest BCUT2D eigenvalue weighted by atomic mass is 35.5. The lowest BCUT2D eigenvalue weighted by molar-refractivity contribution is 0.102. The Balaban J connectivity index is 1.62. The Morgan fingerprint density at radius 3 is 2.58 bits per heavy atom. The fraction of sp³-hybridized carbons (Fsp3) is 0.0476. The second kappa shape index (κ2) is 6.65. The Labute approximate surface area is 155 Å². The predicted octanol–water partition coefficient (Wildman–Crippen LogP) is 5.71. The zero-order valence-electron chi connectivity index (χ0n) is 14.0. The second-order valence-electron chi connectivity index (χ2n) is 5.98. The Bertz CT molecular complexity index is 1100. The quantitative estimate of drug-likeness (QED) is 0.508. The first-order valence-corrected chi connectivity index (χ1v) is 8.51. The van der Waals surface area contributed by atoms with Gasteiger partial charge >= 0.3 is 0 Å². The molecule has 128 valence electrons. The number of rotatable bonds is 3. The van der Waals surface area contributed by atoms with E-state index >= 15 is 0 Å². The molecule has 1 aromatic heterocycles. The van der Waals surface area contributed by atoms with Gasteiger partial charge in [-0.25, -0.2) is 4.98 Å². The van der Waals surface area contributed by atoms with Gasteiger partial charge in [-0.15, -0.1) is 0 Å². The van der Waals surface area contributed by atoms with Gasteiger partial charge < -0.3 is 9.73 Å². The topological polar surface area (TPSA) is 55.1 Å². The molecular weight excluding hydrogens is 348 g/mol. The number of benzene rings is 3. The fourth-order valence-electron chi connectivity index (χ4n) is 2.74. The van der Waals surface area contributed by atoms with E-state index in [0.29, 0.717) is 22.2 Å². The van der Waals surface area contributed by atoms with Crippen molar-refractivity contribution in [3.05, 3.63) is 82.9 Å². The number of oxazole rings is 1. The number of aryl methyl sites for hydroxylation is 1. The predicted molar refractivity (Wildman–Crippen MR) is 104 cm³/mol. The molecule has 0 aliphatic heterocycles. The Morgan fingerprint density at radius 1 is 1.04 bits per heavy atom. The number of amides is 1. The molecule has 0 saturated carbocycles. The van der Waals surface area contributed by atoms with Gasteiger partial charge in [0.05, 0.1) is 0 Å². The molecule has 0 fully saturated rings. The number of nitrogens with zero attached hydrogens (tertiary/aromatic N) is 1. The van der Waals surface area contributed by atoms with E-state index in [2.05, 4.69) is 10.3 Å². The van der Waals surface area contributed by atoms with E-state index in [1.807, 2.05) is 49.4 Å². The third-order valence-corrected chi connectivity index (χ3v) is 4.35. The summed E-state index contributed by atoms with van der Waals surface area (Å²) in [4.78, 5) is 16.9. The lowest BCUT2D eigenvalue weighted by Crippen LogP contribution is -2.11. The van der Waals surface area contributed by atoms with Gasteiger partial charge in [0.15, 0.2) is 5.58 Å². The van der Waals surface area contributed by atoms with E-state index in [1.165, 1.54) is 0 Å². The van der Waals surface area contributed by atoms with E-state index < -0.39 is 0 Å². The van der Waals surface area contributed by atoms with Crippen LogP contribution in [0.25, 0.3) is 22.6 Å². The zero-order chi connectivity index (χ0) is 18.1. The summed E-state index contributed by atoms with van der Waals surface area (Å²) in [5.41, 5.74) is 4.66. The van der Waals surface area contributed by atoms with Crippen LogP contribution in [0, 0.1) is 6.92 Å². The van der Waals surface area contributed by atoms with Crippen LogP contribution in [0.15, 0.2) is 71.1 Å². The molecule has 5 heteroatoms. The minimum Gasteiger partial charge on any atom is -0.436 e. The minimum atomic E-state index is -0.202. The van der Waals surface area contributed by atoms with E-state index in [4.69, 9.17) is 16.0 Å². The SMILES string of the molecule is Cc1cccc2oc(-c3cccc(NC(=O)c4ccc(Cl)cc4)c3)nc12. The van der Waals surface area contributed by atoms with Gasteiger partial charge in [0, 0.05) is 21.8 Å². The first-order chi connectivity index (χ1) is 12.6. The van der Waals surface area contributed by atoms with Gasteiger partial charge in [0.2, 0.25) is 5.89 Å². The van der Waals surface area contributed by atoms with Gasteiger partial charge in [-0.05, 0) is 61.0 Å². The van der Waals surface area contributed by atoms with E-state index in [9.17, 15) is 4.79 Å². The normalized spacial score (nSPS) is 10.8. The van der Waals surface area contributed by atoms with Crippen molar-refractivity contribution in [3.8, 4) is 11.5 Å². The van der Waals surface area contributed by atoms with Crippen molar-refractivity contribution in [1.82, 2.24) is 4.98 Å². The number of carbonyl (C=O) groups is 1. The first-order valence-electron chi connectivity index (χ1n) is 8.14. The Hall–Kier alpha value is -3.11. The van der Waals surface area contributed by atoms with Crippen LogP contribution < -0.4 is 5.32 Å². The van der Waals surface area contributed by atoms with Crippen LogP contribution in [0.1, 0.15) is 15.9 Å². The summed E-state index contributed by atoms with van der Waals surface area (Å²) < 4.78 is 5.85. The van der Waals surface area contributed by atoms with Crippen molar-refractivity contribution in [2.45, 2.75) is 6.92 Å². The number of carbonyl (C=O) groups excluding carboxylic acids is 1. The molecule has 0 aliphatic rings. The van der Waals surface area contributed by atoms with Gasteiger partial charge in [-0.1, -0.05) is 29.8 Å². The number of hydrogen-bond donors (Lipinski definition) is 1. The maximum Gasteiger partial charge on any atom is 0.255 e. The molecular formula is C21H15ClN2O2. The molecule has 0 radical (unpaired) electrons. The summed E-state index contributed by atoms with van der Waals surface area (Å²) in [5.74, 6) is 0.323. The molecule has 0 bridgehead atoms. The maximum atomic E-state index is 12.4. The molecule has 0 aliphatic carbocycles. The number of anilines is 1. The van der Waals surface area contributed by atoms with Crippen molar-refractivity contribution in [2.24, 2.45) is 0 Å². The number of aromatic nitrogens is 1. The van der Waals surface area contributed by atoms with Crippen molar-refractivity contribution in [2.75, 3.05) is 5.32 Å². The molecule has 1 N–H and O–H groups in total. The van der Waals surface area contributed by atoms with Crippen molar-refractivity contribution < 1.29 is 9.21 Å². The van der Waals surface area contributed by atoms with E-state index in [0.717, 1.165) is 22.2 Å². The van der Waals surface area contributed by atoms with E-state index in [-0.39, 0.29) is 5.91 Å². The smallest absolute Gasteiger partial charge is 0.255 e. The lowest BCUT2D eigenvalue weighted by Gasteiger charge is -2.06. The molecule has 0 spiro atoms. The molecule has 4 rings (SSSR count). The summed E-state index contributed by atoms with van der Waals surface area (Å²) in [6.45, 7) is 2.00. The van der Waals surface area contributed by atoms with Crippen LogP contribution in [-0.4, -0.2) is 10.9 Å². The number of para-hydroxylation sites is 1. The van der Waals surface area contributed by atoms with Gasteiger partial charge in [-0.3, -0.25) is 4.79 Å². The Morgan fingerprint density at radius 2 is 1.81 bits per heavy atom. The summed E-state index contributed by atoms with van der Waals surface area (Å²) in [6.07, 6.45) is 0. The second-order valence-corrected chi connectivity index (χ2v) is 6.42. The average molecular weight is 363 g/mol. The summed E-state index contributed by atoms with van der Waals surface area (Å²) >= 11 is 5.86. The lowest BCUT2D eigenvalue weighted by atomic mass is 10.1. The van der Waals surface area contributed by atoms with E-state index in [1.54, 1.807) is 24.3 Å². The molecule has 3 aromatic carbocycles. The molecule has 0 unspecified atom stereocenters. The van der Waals surface area contributed by atoms with Gasteiger partial charge in [0.1, 0.15) is 5.52 Å². The van der Waals surface area contributed by atoms with Crippen LogP contribution >= 0.6 is 11.6 Å². The van der Waals surface area contributed by atoms with Crippen LogP contribution in [0.3, 0.4) is 0 Å². The number of nitrogens with one attached hydrogen (secondary N) is 1. The third-order valence-electron chi connectivity index (χ3n) is 4.09. The summed E-state index contributed by atoms with van der Waals surface area (Å²) in [7, 11) is 0. The zero-order valence-corrected chi connectivity index (χ0v) is 14.7. The highest BCUT2D eigenvalue weighted by molar-refractivity contribution is 6.30. The molecule has 26 heavy (non-hydrogen) atoms. The van der Waals surface area contributed by atoms with Gasteiger partial charge in [0.25, 0.3) is 5.91 Å². The fourth-order valence-corrected chi connectivity index (χ4v) is 2.87. The first kappa shape index (κ1) is 16.4. The standard InChI is InChI=1S/C21H15ClN2O2/c1-13-4-2-7-18-19(13)24-21(26-18)15-5-3-6-17(12-15)23-20(25)14-8-10-16(22)11-9-14/h2-12H,1H3,(H,23,25). The van der Waals surface area contributed by atoms with Crippen LogP contribution in [0.4, 0.5) is 5.69 Å². The average Bonchev–Trinajstić information content (AvgIpc) is 3.08. The van der Waals surface area contributed by atoms with Crippen LogP contribution in [0.2, 0.25) is 5.02 Å². The highest BCUT2D eigenvalue weighted by Crippen LogP contribution is 2.27. The third kappa shape index (κ3) is 3.19. The van der Waals surface area contributed by atoms with Crippen molar-refractivity contribution in [1.29, 1.82) is 0 Å². The molecule has 0 atom stereocenters. The largest absolute Gasteiger partial charge is 0.436 e. The monoisotopic (exact) mass is 362 g/mol. The molecule has 0 saturated heterocycles. The molecule has 1 heterocycles. The number of hydrogen-bond acceptors (Lipinski definition) is 3. The van der Waals surface area contributed by atoms with Gasteiger partial charge in [-0.2, -0.15) is 0 Å². The molecule has 4 aromatic rings. The summed E-state index contributed by atoms with van der Waals surface area (Å²) in [5, 5.41) is 3.47. The molecule has 4 nitrogen and oxygen atoms in total. The highest BCUT2D eigenvalue weighted by Gasteiger charge is 2.11. The number of fused-ring (bicyclic) bond motifs is 1. The van der Waals surface area contributed by atoms with Crippen molar-refractivity contribution >= 4 is 34.3 Å². The van der Waals surface area contributed by atoms with Crippen LogP contribution in [-0.2, 0) is 0 Å². The Kier molecular flexibility index (Phi) is 4.19. The molecule has 1 amide bonds. The maximum absolute atomic E-state index is 12.4.